The minimum atomic E-state index is -0.637. The van der Waals surface area contributed by atoms with Gasteiger partial charge in [0.1, 0.15) is 5.69 Å². The van der Waals surface area contributed by atoms with Crippen LogP contribution in [0.1, 0.15) is 52.1 Å². The summed E-state index contributed by atoms with van der Waals surface area (Å²) in [6.07, 6.45) is 1.12. The van der Waals surface area contributed by atoms with Gasteiger partial charge in [-0.1, -0.05) is 35.5 Å². The van der Waals surface area contributed by atoms with E-state index in [0.717, 1.165) is 23.5 Å². The van der Waals surface area contributed by atoms with Crippen LogP contribution in [0.25, 0.3) is 0 Å². The first-order valence-corrected chi connectivity index (χ1v) is 9.53. The Hall–Kier alpha value is -2.93. The van der Waals surface area contributed by atoms with Gasteiger partial charge in [-0.15, -0.1) is 5.10 Å². The molecular weight excluding hydrogens is 354 g/mol. The predicted molar refractivity (Wildman–Crippen MR) is 105 cm³/mol. The summed E-state index contributed by atoms with van der Waals surface area (Å²) in [4.78, 5) is 14.8. The van der Waals surface area contributed by atoms with Gasteiger partial charge >= 0.3 is 0 Å². The monoisotopic (exact) mass is 379 g/mol. The van der Waals surface area contributed by atoms with Crippen LogP contribution in [0.15, 0.2) is 42.6 Å². The van der Waals surface area contributed by atoms with Crippen LogP contribution >= 0.6 is 0 Å². The Morgan fingerprint density at radius 1 is 1.25 bits per heavy atom. The van der Waals surface area contributed by atoms with Crippen molar-refractivity contribution < 1.29 is 9.90 Å². The molecule has 7 nitrogen and oxygen atoms in total. The van der Waals surface area contributed by atoms with Crippen molar-refractivity contribution in [2.75, 3.05) is 13.1 Å². The number of aliphatic hydroxyl groups is 1. The first-order valence-electron chi connectivity index (χ1n) is 9.53. The SMILES string of the molecule is Cc1cc(C(=O)N2CC(n3cc([C@H](C)O)nn3)C2)c(C)n1Cc1ccccc1. The first-order chi connectivity index (χ1) is 13.4. The number of hydrogen-bond acceptors (Lipinski definition) is 4. The second-order valence-electron chi connectivity index (χ2n) is 7.52. The van der Waals surface area contributed by atoms with Crippen LogP contribution < -0.4 is 0 Å². The average molecular weight is 379 g/mol. The molecule has 1 N–H and O–H groups in total. The topological polar surface area (TPSA) is 76.2 Å². The van der Waals surface area contributed by atoms with Crippen LogP contribution in [0, 0.1) is 13.8 Å². The number of carbonyl (C=O) groups excluding carboxylic acids is 1. The van der Waals surface area contributed by atoms with Crippen molar-refractivity contribution in [1.29, 1.82) is 0 Å². The number of carbonyl (C=O) groups is 1. The van der Waals surface area contributed by atoms with Crippen LogP contribution in [0.3, 0.4) is 0 Å². The van der Waals surface area contributed by atoms with E-state index >= 15 is 0 Å². The summed E-state index contributed by atoms with van der Waals surface area (Å²) >= 11 is 0. The normalized spacial score (nSPS) is 15.5. The third-order valence-corrected chi connectivity index (χ3v) is 5.47. The highest BCUT2D eigenvalue weighted by Gasteiger charge is 2.34. The Bertz CT molecular complexity index is 984. The Kier molecular flexibility index (Phi) is 4.77. The molecule has 2 aromatic heterocycles. The highest BCUT2D eigenvalue weighted by Crippen LogP contribution is 2.26. The van der Waals surface area contributed by atoms with E-state index in [0.29, 0.717) is 18.8 Å². The van der Waals surface area contributed by atoms with Crippen molar-refractivity contribution in [3.63, 3.8) is 0 Å². The lowest BCUT2D eigenvalue weighted by Gasteiger charge is -2.38. The summed E-state index contributed by atoms with van der Waals surface area (Å²) in [7, 11) is 0. The van der Waals surface area contributed by atoms with E-state index in [4.69, 9.17) is 0 Å². The van der Waals surface area contributed by atoms with E-state index in [1.165, 1.54) is 5.56 Å². The lowest BCUT2D eigenvalue weighted by Crippen LogP contribution is -2.51. The quantitative estimate of drug-likeness (QED) is 0.739. The van der Waals surface area contributed by atoms with Crippen LogP contribution in [-0.2, 0) is 6.54 Å². The predicted octanol–water partition coefficient (Wildman–Crippen LogP) is 2.50. The molecule has 7 heteroatoms. The molecule has 0 spiro atoms. The summed E-state index contributed by atoms with van der Waals surface area (Å²) in [6.45, 7) is 7.67. The fraction of sp³-hybridized carbons (Fsp3) is 0.381. The van der Waals surface area contributed by atoms with Gasteiger partial charge in [-0.05, 0) is 32.4 Å². The van der Waals surface area contributed by atoms with Gasteiger partial charge < -0.3 is 14.6 Å². The summed E-state index contributed by atoms with van der Waals surface area (Å²) in [6, 6.07) is 12.4. The van der Waals surface area contributed by atoms with Gasteiger partial charge in [0, 0.05) is 31.0 Å². The molecule has 1 atom stereocenters. The van der Waals surface area contributed by atoms with Crippen molar-refractivity contribution >= 4 is 5.91 Å². The Morgan fingerprint density at radius 3 is 2.61 bits per heavy atom. The maximum atomic E-state index is 13.0. The summed E-state index contributed by atoms with van der Waals surface area (Å²) in [5, 5.41) is 17.6. The maximum absolute atomic E-state index is 13.0. The fourth-order valence-electron chi connectivity index (χ4n) is 3.65. The van der Waals surface area contributed by atoms with Crippen LogP contribution in [0.5, 0.6) is 0 Å². The van der Waals surface area contributed by atoms with E-state index in [1.807, 2.05) is 43.0 Å². The van der Waals surface area contributed by atoms with E-state index in [2.05, 4.69) is 27.0 Å². The molecule has 0 saturated carbocycles. The second-order valence-corrected chi connectivity index (χ2v) is 7.52. The number of benzene rings is 1. The molecule has 1 aromatic carbocycles. The fourth-order valence-corrected chi connectivity index (χ4v) is 3.65. The maximum Gasteiger partial charge on any atom is 0.255 e. The Balaban J connectivity index is 1.45. The molecule has 0 aliphatic carbocycles. The Labute approximate surface area is 164 Å². The van der Waals surface area contributed by atoms with Gasteiger partial charge in [0.15, 0.2) is 0 Å². The van der Waals surface area contributed by atoms with Gasteiger partial charge in [-0.2, -0.15) is 0 Å². The number of hydrogen-bond donors (Lipinski definition) is 1. The number of likely N-dealkylation sites (tertiary alicyclic amines) is 1. The molecule has 1 aliphatic heterocycles. The van der Waals surface area contributed by atoms with E-state index in [-0.39, 0.29) is 11.9 Å². The summed E-state index contributed by atoms with van der Waals surface area (Å²) in [5.74, 6) is 0.0551. The van der Waals surface area contributed by atoms with Crippen LogP contribution in [-0.4, -0.2) is 48.6 Å². The molecule has 1 saturated heterocycles. The molecule has 1 amide bonds. The van der Waals surface area contributed by atoms with Gasteiger partial charge in [-0.3, -0.25) is 4.79 Å². The zero-order valence-electron chi connectivity index (χ0n) is 16.4. The second kappa shape index (κ2) is 7.24. The third kappa shape index (κ3) is 3.33. The van der Waals surface area contributed by atoms with Crippen molar-refractivity contribution in [3.05, 3.63) is 70.8 Å². The van der Waals surface area contributed by atoms with Crippen molar-refractivity contribution in [2.45, 2.75) is 39.5 Å². The van der Waals surface area contributed by atoms with Crippen molar-refractivity contribution in [2.24, 2.45) is 0 Å². The number of nitrogens with zero attached hydrogens (tertiary/aromatic N) is 5. The molecule has 3 aromatic rings. The molecule has 146 valence electrons. The number of amides is 1. The number of rotatable bonds is 5. The van der Waals surface area contributed by atoms with E-state index in [9.17, 15) is 9.90 Å². The first kappa shape index (κ1) is 18.4. The number of aliphatic hydroxyl groups excluding tert-OH is 1. The summed E-state index contributed by atoms with van der Waals surface area (Å²) in [5.41, 5.74) is 4.60. The third-order valence-electron chi connectivity index (χ3n) is 5.47. The molecule has 28 heavy (non-hydrogen) atoms. The lowest BCUT2D eigenvalue weighted by molar-refractivity contribution is 0.0497. The molecule has 4 rings (SSSR count). The minimum Gasteiger partial charge on any atom is -0.387 e. The summed E-state index contributed by atoms with van der Waals surface area (Å²) < 4.78 is 3.93. The highest BCUT2D eigenvalue weighted by atomic mass is 16.3. The molecular formula is C21H25N5O2. The molecule has 0 unspecified atom stereocenters. The largest absolute Gasteiger partial charge is 0.387 e. The average Bonchev–Trinajstić information content (AvgIpc) is 3.22. The molecule has 3 heterocycles. The molecule has 0 radical (unpaired) electrons. The number of aryl methyl sites for hydroxylation is 1. The van der Waals surface area contributed by atoms with E-state index < -0.39 is 6.10 Å². The standard InChI is InChI=1S/C21H25N5O2/c1-14-9-19(15(2)25(14)10-17-7-5-4-6-8-17)21(28)24-11-18(12-24)26-13-20(16(3)27)22-23-26/h4-9,13,16,18,27H,10-12H2,1-3H3/t16-/m0/s1. The van der Waals surface area contributed by atoms with Crippen LogP contribution in [0.2, 0.25) is 0 Å². The zero-order valence-corrected chi connectivity index (χ0v) is 16.4. The minimum absolute atomic E-state index is 0.0551. The van der Waals surface area contributed by atoms with Crippen LogP contribution in [0.4, 0.5) is 0 Å². The van der Waals surface area contributed by atoms with Crippen molar-refractivity contribution in [1.82, 2.24) is 24.5 Å². The van der Waals surface area contributed by atoms with Gasteiger partial charge in [-0.25, -0.2) is 4.68 Å². The smallest absolute Gasteiger partial charge is 0.255 e. The Morgan fingerprint density at radius 2 is 1.96 bits per heavy atom. The highest BCUT2D eigenvalue weighted by molar-refractivity contribution is 5.96. The van der Waals surface area contributed by atoms with Gasteiger partial charge in [0.25, 0.3) is 5.91 Å². The number of aromatic nitrogens is 4. The molecule has 0 bridgehead atoms. The molecule has 1 aliphatic rings. The van der Waals surface area contributed by atoms with Crippen molar-refractivity contribution in [3.8, 4) is 0 Å². The molecule has 1 fully saturated rings. The van der Waals surface area contributed by atoms with E-state index in [1.54, 1.807) is 17.8 Å². The lowest BCUT2D eigenvalue weighted by atomic mass is 10.1. The van der Waals surface area contributed by atoms with Gasteiger partial charge in [0.05, 0.1) is 23.9 Å². The zero-order chi connectivity index (χ0) is 19.8. The van der Waals surface area contributed by atoms with Gasteiger partial charge in [0.2, 0.25) is 0 Å².